The van der Waals surface area contributed by atoms with Crippen LogP contribution in [0.2, 0.25) is 0 Å². The van der Waals surface area contributed by atoms with E-state index in [1.165, 1.54) is 4.88 Å². The molecule has 1 saturated heterocycles. The number of nitrogens with one attached hydrogen (secondary N) is 2. The lowest BCUT2D eigenvalue weighted by atomic mass is 9.78. The molecule has 4 nitrogen and oxygen atoms in total. The van der Waals surface area contributed by atoms with Gasteiger partial charge < -0.3 is 11.1 Å². The molecule has 2 unspecified atom stereocenters. The van der Waals surface area contributed by atoms with Gasteiger partial charge in [-0.1, -0.05) is 13.0 Å². The standard InChI is InChI=1S/C12H19N3OS/c1-9-7-14-5-4-12(9,11(13)16)15-8-10-3-2-6-17-10/h2-3,6,9,14-15H,4-5,7-8H2,1H3,(H2,13,16). The van der Waals surface area contributed by atoms with Crippen molar-refractivity contribution in [3.63, 3.8) is 0 Å². The van der Waals surface area contributed by atoms with Crippen LogP contribution in [0.3, 0.4) is 0 Å². The summed E-state index contributed by atoms with van der Waals surface area (Å²) in [6, 6.07) is 4.09. The van der Waals surface area contributed by atoms with E-state index in [4.69, 9.17) is 5.73 Å². The zero-order valence-electron chi connectivity index (χ0n) is 10.0. The second kappa shape index (κ2) is 5.16. The molecule has 1 aliphatic rings. The summed E-state index contributed by atoms with van der Waals surface area (Å²) in [4.78, 5) is 13.0. The lowest BCUT2D eigenvalue weighted by molar-refractivity contribution is -0.127. The molecule has 1 fully saturated rings. The van der Waals surface area contributed by atoms with Gasteiger partial charge in [0.15, 0.2) is 0 Å². The molecule has 5 heteroatoms. The molecule has 0 aliphatic carbocycles. The summed E-state index contributed by atoms with van der Waals surface area (Å²) in [7, 11) is 0. The smallest absolute Gasteiger partial charge is 0.238 e. The van der Waals surface area contributed by atoms with Crippen LogP contribution in [-0.2, 0) is 11.3 Å². The Morgan fingerprint density at radius 2 is 2.59 bits per heavy atom. The number of hydrogen-bond donors (Lipinski definition) is 3. The third kappa shape index (κ3) is 2.51. The summed E-state index contributed by atoms with van der Waals surface area (Å²) in [6.07, 6.45) is 0.759. The SMILES string of the molecule is CC1CNCCC1(NCc1cccs1)C(N)=O. The highest BCUT2D eigenvalue weighted by molar-refractivity contribution is 7.09. The van der Waals surface area contributed by atoms with E-state index >= 15 is 0 Å². The molecule has 17 heavy (non-hydrogen) atoms. The Kier molecular flexibility index (Phi) is 3.81. The average molecular weight is 253 g/mol. The fraction of sp³-hybridized carbons (Fsp3) is 0.583. The summed E-state index contributed by atoms with van der Waals surface area (Å²) in [6.45, 7) is 4.45. The van der Waals surface area contributed by atoms with Gasteiger partial charge in [0.1, 0.15) is 5.54 Å². The average Bonchev–Trinajstić information content (AvgIpc) is 2.81. The molecule has 1 aromatic rings. The molecule has 0 spiro atoms. The van der Waals surface area contributed by atoms with Gasteiger partial charge in [0.25, 0.3) is 0 Å². The van der Waals surface area contributed by atoms with Crippen molar-refractivity contribution in [2.75, 3.05) is 13.1 Å². The first kappa shape index (κ1) is 12.5. The number of thiophene rings is 1. The normalized spacial score (nSPS) is 29.1. The van der Waals surface area contributed by atoms with E-state index in [1.54, 1.807) is 11.3 Å². The fourth-order valence-electron chi connectivity index (χ4n) is 2.40. The Labute approximate surface area is 106 Å². The number of hydrogen-bond acceptors (Lipinski definition) is 4. The van der Waals surface area contributed by atoms with E-state index < -0.39 is 5.54 Å². The Bertz CT molecular complexity index is 379. The van der Waals surface area contributed by atoms with E-state index in [0.717, 1.165) is 19.5 Å². The molecular weight excluding hydrogens is 234 g/mol. The van der Waals surface area contributed by atoms with Crippen molar-refractivity contribution >= 4 is 17.2 Å². The molecule has 2 rings (SSSR count). The molecular formula is C12H19N3OS. The number of piperidine rings is 1. The maximum atomic E-state index is 11.8. The summed E-state index contributed by atoms with van der Waals surface area (Å²) in [5.41, 5.74) is 5.05. The van der Waals surface area contributed by atoms with Gasteiger partial charge >= 0.3 is 0 Å². The van der Waals surface area contributed by atoms with E-state index in [9.17, 15) is 4.79 Å². The van der Waals surface area contributed by atoms with Crippen LogP contribution >= 0.6 is 11.3 Å². The van der Waals surface area contributed by atoms with Gasteiger partial charge in [0.05, 0.1) is 0 Å². The van der Waals surface area contributed by atoms with Gasteiger partial charge in [0.2, 0.25) is 5.91 Å². The number of carbonyl (C=O) groups excluding carboxylic acids is 1. The monoisotopic (exact) mass is 253 g/mol. The fourth-order valence-corrected chi connectivity index (χ4v) is 3.04. The molecule has 1 aliphatic heterocycles. The van der Waals surface area contributed by atoms with Gasteiger partial charge in [0, 0.05) is 11.4 Å². The number of primary amides is 1. The minimum atomic E-state index is -0.560. The molecule has 1 amide bonds. The molecule has 0 radical (unpaired) electrons. The van der Waals surface area contributed by atoms with E-state index in [1.807, 2.05) is 11.4 Å². The topological polar surface area (TPSA) is 67.2 Å². The van der Waals surface area contributed by atoms with Crippen LogP contribution in [0.4, 0.5) is 0 Å². The second-order valence-electron chi connectivity index (χ2n) is 4.62. The van der Waals surface area contributed by atoms with E-state index in [-0.39, 0.29) is 11.8 Å². The van der Waals surface area contributed by atoms with Gasteiger partial charge in [-0.2, -0.15) is 0 Å². The van der Waals surface area contributed by atoms with Gasteiger partial charge in [-0.25, -0.2) is 0 Å². The number of carbonyl (C=O) groups is 1. The van der Waals surface area contributed by atoms with E-state index in [2.05, 4.69) is 23.6 Å². The van der Waals surface area contributed by atoms with Gasteiger partial charge in [-0.15, -0.1) is 11.3 Å². The molecule has 4 N–H and O–H groups in total. The molecule has 2 heterocycles. The lowest BCUT2D eigenvalue weighted by Crippen LogP contribution is -2.64. The lowest BCUT2D eigenvalue weighted by Gasteiger charge is -2.41. The highest BCUT2D eigenvalue weighted by Crippen LogP contribution is 2.25. The molecule has 94 valence electrons. The van der Waals surface area contributed by atoms with Crippen LogP contribution in [0.25, 0.3) is 0 Å². The molecule has 0 bridgehead atoms. The summed E-state index contributed by atoms with van der Waals surface area (Å²) in [5.74, 6) is -0.0169. The van der Waals surface area contributed by atoms with Crippen LogP contribution in [0.15, 0.2) is 17.5 Å². The summed E-state index contributed by atoms with van der Waals surface area (Å²) in [5, 5.41) is 8.72. The van der Waals surface area contributed by atoms with Crippen molar-refractivity contribution in [2.24, 2.45) is 11.7 Å². The van der Waals surface area contributed by atoms with Crippen molar-refractivity contribution in [2.45, 2.75) is 25.4 Å². The molecule has 2 atom stereocenters. The minimum Gasteiger partial charge on any atom is -0.368 e. The zero-order chi connectivity index (χ0) is 12.3. The predicted molar refractivity (Wildman–Crippen MR) is 69.7 cm³/mol. The first-order valence-electron chi connectivity index (χ1n) is 5.93. The van der Waals surface area contributed by atoms with Crippen LogP contribution in [0, 0.1) is 5.92 Å². The second-order valence-corrected chi connectivity index (χ2v) is 5.66. The van der Waals surface area contributed by atoms with Crippen LogP contribution in [0.5, 0.6) is 0 Å². The Morgan fingerprint density at radius 3 is 3.18 bits per heavy atom. The molecule has 0 aromatic carbocycles. The predicted octanol–water partition coefficient (Wildman–Crippen LogP) is 0.691. The number of nitrogens with two attached hydrogens (primary N) is 1. The van der Waals surface area contributed by atoms with E-state index in [0.29, 0.717) is 6.54 Å². The maximum Gasteiger partial charge on any atom is 0.238 e. The highest BCUT2D eigenvalue weighted by atomic mass is 32.1. The molecule has 1 aromatic heterocycles. The van der Waals surface area contributed by atoms with Crippen molar-refractivity contribution in [1.82, 2.24) is 10.6 Å². The van der Waals surface area contributed by atoms with Crippen LogP contribution in [0.1, 0.15) is 18.2 Å². The van der Waals surface area contributed by atoms with Crippen LogP contribution < -0.4 is 16.4 Å². The Morgan fingerprint density at radius 1 is 1.76 bits per heavy atom. The van der Waals surface area contributed by atoms with Crippen molar-refractivity contribution in [3.8, 4) is 0 Å². The highest BCUT2D eigenvalue weighted by Gasteiger charge is 2.43. The minimum absolute atomic E-state index is 0.216. The third-order valence-corrected chi connectivity index (χ3v) is 4.46. The van der Waals surface area contributed by atoms with Gasteiger partial charge in [-0.3, -0.25) is 10.1 Å². The quantitative estimate of drug-likeness (QED) is 0.739. The van der Waals surface area contributed by atoms with Crippen molar-refractivity contribution in [1.29, 1.82) is 0 Å². The number of amides is 1. The molecule has 0 saturated carbocycles. The Hall–Kier alpha value is -0.910. The first-order valence-corrected chi connectivity index (χ1v) is 6.81. The largest absolute Gasteiger partial charge is 0.368 e. The van der Waals surface area contributed by atoms with Crippen molar-refractivity contribution < 1.29 is 4.79 Å². The summed E-state index contributed by atoms with van der Waals surface area (Å²) >= 11 is 1.69. The Balaban J connectivity index is 2.08. The summed E-state index contributed by atoms with van der Waals surface area (Å²) < 4.78 is 0. The zero-order valence-corrected chi connectivity index (χ0v) is 10.8. The van der Waals surface area contributed by atoms with Crippen LogP contribution in [-0.4, -0.2) is 24.5 Å². The third-order valence-electron chi connectivity index (χ3n) is 3.59. The van der Waals surface area contributed by atoms with Gasteiger partial charge in [-0.05, 0) is 36.9 Å². The maximum absolute atomic E-state index is 11.8. The number of rotatable bonds is 4. The first-order chi connectivity index (χ1) is 8.15. The van der Waals surface area contributed by atoms with Crippen molar-refractivity contribution in [3.05, 3.63) is 22.4 Å².